The van der Waals surface area contributed by atoms with Gasteiger partial charge in [-0.15, -0.1) is 0 Å². The van der Waals surface area contributed by atoms with E-state index in [1.807, 2.05) is 0 Å². The van der Waals surface area contributed by atoms with Crippen LogP contribution in [0.15, 0.2) is 24.3 Å². The van der Waals surface area contributed by atoms with Crippen molar-refractivity contribution in [3.05, 3.63) is 29.8 Å². The summed E-state index contributed by atoms with van der Waals surface area (Å²) in [6.07, 6.45) is 3.66. The van der Waals surface area contributed by atoms with E-state index in [2.05, 4.69) is 50.4 Å². The Morgan fingerprint density at radius 1 is 1.18 bits per heavy atom. The van der Waals surface area contributed by atoms with Gasteiger partial charge in [0.05, 0.1) is 0 Å². The molecule has 1 aromatic rings. The number of aliphatic hydroxyl groups excluding tert-OH is 1. The van der Waals surface area contributed by atoms with E-state index in [4.69, 9.17) is 0 Å². The van der Waals surface area contributed by atoms with Crippen molar-refractivity contribution in [2.75, 3.05) is 18.5 Å². The first-order chi connectivity index (χ1) is 8.07. The first-order valence-electron chi connectivity index (χ1n) is 6.51. The predicted molar refractivity (Wildman–Crippen MR) is 74.4 cm³/mol. The maximum absolute atomic E-state index is 9.17. The van der Waals surface area contributed by atoms with Gasteiger partial charge in [-0.05, 0) is 30.5 Å². The summed E-state index contributed by atoms with van der Waals surface area (Å²) < 4.78 is 0. The fraction of sp³-hybridized carbons (Fsp3) is 0.600. The zero-order chi connectivity index (χ0) is 12.7. The lowest BCUT2D eigenvalue weighted by Gasteiger charge is -2.22. The zero-order valence-electron chi connectivity index (χ0n) is 11.3. The van der Waals surface area contributed by atoms with Gasteiger partial charge in [-0.25, -0.2) is 0 Å². The molecule has 0 atom stereocenters. The Balaban J connectivity index is 2.45. The van der Waals surface area contributed by atoms with Crippen LogP contribution in [-0.2, 0) is 6.42 Å². The molecule has 0 heterocycles. The lowest BCUT2D eigenvalue weighted by Crippen LogP contribution is -2.26. The molecule has 0 fully saturated rings. The molecule has 1 rings (SSSR count). The molecule has 0 aliphatic heterocycles. The summed E-state index contributed by atoms with van der Waals surface area (Å²) in [6.45, 7) is 7.31. The van der Waals surface area contributed by atoms with Crippen molar-refractivity contribution in [3.63, 3.8) is 0 Å². The molecule has 2 nitrogen and oxygen atoms in total. The van der Waals surface area contributed by atoms with Crippen LogP contribution in [0.5, 0.6) is 0 Å². The van der Waals surface area contributed by atoms with Gasteiger partial charge < -0.3 is 10.4 Å². The standard InChI is InChI=1S/C15H25NO/c1-4-5-6-13-7-9-14(10-8-13)16-11-15(2,3)12-17/h7-10,16-17H,4-6,11-12H2,1-3H3. The number of aryl methyl sites for hydroxylation is 1. The second kappa shape index (κ2) is 6.65. The number of rotatable bonds is 7. The number of benzene rings is 1. The molecule has 0 saturated heterocycles. The molecule has 96 valence electrons. The summed E-state index contributed by atoms with van der Waals surface area (Å²) >= 11 is 0. The van der Waals surface area contributed by atoms with Gasteiger partial charge in [0.1, 0.15) is 0 Å². The molecule has 2 heteroatoms. The van der Waals surface area contributed by atoms with E-state index in [0.29, 0.717) is 0 Å². The van der Waals surface area contributed by atoms with E-state index in [1.54, 1.807) is 0 Å². The van der Waals surface area contributed by atoms with Gasteiger partial charge >= 0.3 is 0 Å². The third-order valence-corrected chi connectivity index (χ3v) is 2.97. The largest absolute Gasteiger partial charge is 0.396 e. The summed E-state index contributed by atoms with van der Waals surface area (Å²) in [5.41, 5.74) is 2.46. The summed E-state index contributed by atoms with van der Waals surface area (Å²) in [4.78, 5) is 0. The average molecular weight is 235 g/mol. The molecule has 0 aliphatic carbocycles. The second-order valence-corrected chi connectivity index (χ2v) is 5.48. The summed E-state index contributed by atoms with van der Waals surface area (Å²) in [5.74, 6) is 0. The predicted octanol–water partition coefficient (Wildman–Crippen LogP) is 3.46. The Morgan fingerprint density at radius 3 is 2.35 bits per heavy atom. The first kappa shape index (κ1) is 14.0. The van der Waals surface area contributed by atoms with Crippen LogP contribution < -0.4 is 5.32 Å². The van der Waals surface area contributed by atoms with E-state index in [-0.39, 0.29) is 12.0 Å². The molecule has 0 unspecified atom stereocenters. The summed E-state index contributed by atoms with van der Waals surface area (Å²) in [6, 6.07) is 8.62. The van der Waals surface area contributed by atoms with Gasteiger partial charge in [-0.3, -0.25) is 0 Å². The van der Waals surface area contributed by atoms with Gasteiger partial charge in [0.2, 0.25) is 0 Å². The van der Waals surface area contributed by atoms with Gasteiger partial charge in [-0.1, -0.05) is 39.3 Å². The minimum atomic E-state index is -0.0686. The maximum atomic E-state index is 9.17. The van der Waals surface area contributed by atoms with Crippen molar-refractivity contribution in [1.82, 2.24) is 0 Å². The number of hydrogen-bond donors (Lipinski definition) is 2. The molecule has 0 amide bonds. The van der Waals surface area contributed by atoms with E-state index >= 15 is 0 Å². The highest BCUT2D eigenvalue weighted by atomic mass is 16.3. The third kappa shape index (κ3) is 5.22. The van der Waals surface area contributed by atoms with Gasteiger partial charge in [-0.2, -0.15) is 0 Å². The zero-order valence-corrected chi connectivity index (χ0v) is 11.3. The van der Waals surface area contributed by atoms with Crippen LogP contribution in [0.25, 0.3) is 0 Å². The first-order valence-corrected chi connectivity index (χ1v) is 6.51. The van der Waals surface area contributed by atoms with Crippen molar-refractivity contribution in [3.8, 4) is 0 Å². The van der Waals surface area contributed by atoms with Crippen LogP contribution in [0, 0.1) is 5.41 Å². The van der Waals surface area contributed by atoms with Crippen molar-refractivity contribution < 1.29 is 5.11 Å². The van der Waals surface area contributed by atoms with Crippen LogP contribution in [0.3, 0.4) is 0 Å². The van der Waals surface area contributed by atoms with Gasteiger partial charge in [0.25, 0.3) is 0 Å². The third-order valence-electron chi connectivity index (χ3n) is 2.97. The molecule has 1 aromatic carbocycles. The van der Waals surface area contributed by atoms with Crippen LogP contribution in [0.4, 0.5) is 5.69 Å². The molecule has 0 spiro atoms. The Hall–Kier alpha value is -1.02. The Kier molecular flexibility index (Phi) is 5.49. The number of hydrogen-bond acceptors (Lipinski definition) is 2. The van der Waals surface area contributed by atoms with E-state index < -0.39 is 0 Å². The summed E-state index contributed by atoms with van der Waals surface area (Å²) in [7, 11) is 0. The Labute approximate surface area is 105 Å². The molecule has 0 radical (unpaired) electrons. The monoisotopic (exact) mass is 235 g/mol. The normalized spacial score (nSPS) is 11.5. The van der Waals surface area contributed by atoms with Crippen LogP contribution in [-0.4, -0.2) is 18.3 Å². The van der Waals surface area contributed by atoms with Gasteiger partial charge in [0, 0.05) is 24.3 Å². The van der Waals surface area contributed by atoms with Gasteiger partial charge in [0.15, 0.2) is 0 Å². The smallest absolute Gasteiger partial charge is 0.0498 e. The number of nitrogens with one attached hydrogen (secondary N) is 1. The van der Waals surface area contributed by atoms with Crippen molar-refractivity contribution in [1.29, 1.82) is 0 Å². The fourth-order valence-corrected chi connectivity index (χ4v) is 1.57. The van der Waals surface area contributed by atoms with Crippen LogP contribution in [0.1, 0.15) is 39.2 Å². The van der Waals surface area contributed by atoms with Crippen LogP contribution >= 0.6 is 0 Å². The topological polar surface area (TPSA) is 32.3 Å². The quantitative estimate of drug-likeness (QED) is 0.758. The molecule has 0 saturated carbocycles. The van der Waals surface area contributed by atoms with Crippen molar-refractivity contribution in [2.24, 2.45) is 5.41 Å². The lowest BCUT2D eigenvalue weighted by atomic mass is 9.95. The molecular weight excluding hydrogens is 210 g/mol. The highest BCUT2D eigenvalue weighted by Gasteiger charge is 2.15. The number of anilines is 1. The van der Waals surface area contributed by atoms with E-state index in [1.165, 1.54) is 24.8 Å². The molecule has 0 bridgehead atoms. The van der Waals surface area contributed by atoms with Crippen LogP contribution in [0.2, 0.25) is 0 Å². The fourth-order valence-electron chi connectivity index (χ4n) is 1.57. The number of unbranched alkanes of at least 4 members (excludes halogenated alkanes) is 1. The second-order valence-electron chi connectivity index (χ2n) is 5.48. The molecule has 0 aromatic heterocycles. The Bertz CT molecular complexity index is 316. The lowest BCUT2D eigenvalue weighted by molar-refractivity contribution is 0.171. The minimum Gasteiger partial charge on any atom is -0.396 e. The van der Waals surface area contributed by atoms with Crippen molar-refractivity contribution in [2.45, 2.75) is 40.0 Å². The average Bonchev–Trinajstić information content (AvgIpc) is 2.35. The molecular formula is C15H25NO. The van der Waals surface area contributed by atoms with Crippen molar-refractivity contribution >= 4 is 5.69 Å². The molecule has 17 heavy (non-hydrogen) atoms. The minimum absolute atomic E-state index is 0.0686. The Morgan fingerprint density at radius 2 is 1.82 bits per heavy atom. The molecule has 0 aliphatic rings. The maximum Gasteiger partial charge on any atom is 0.0498 e. The molecule has 2 N–H and O–H groups in total. The highest BCUT2D eigenvalue weighted by Crippen LogP contribution is 2.17. The van der Waals surface area contributed by atoms with E-state index in [9.17, 15) is 5.11 Å². The van der Waals surface area contributed by atoms with E-state index in [0.717, 1.165) is 12.2 Å². The SMILES string of the molecule is CCCCc1ccc(NCC(C)(C)CO)cc1. The summed E-state index contributed by atoms with van der Waals surface area (Å²) in [5, 5.41) is 12.5. The number of aliphatic hydroxyl groups is 1. The highest BCUT2D eigenvalue weighted by molar-refractivity contribution is 5.44.